The number of hydrogen-bond acceptors (Lipinski definition) is 2. The predicted molar refractivity (Wildman–Crippen MR) is 60.2 cm³/mol. The van der Waals surface area contributed by atoms with Gasteiger partial charge in [0.1, 0.15) is 6.61 Å². The fourth-order valence-electron chi connectivity index (χ4n) is 1.00. The normalized spacial score (nSPS) is 14.3. The lowest BCUT2D eigenvalue weighted by Gasteiger charge is -1.98. The number of rotatable bonds is 0. The van der Waals surface area contributed by atoms with Crippen molar-refractivity contribution in [3.8, 4) is 0 Å². The second-order valence-corrected chi connectivity index (χ2v) is 3.77. The molecule has 1 fully saturated rings. The Morgan fingerprint density at radius 2 is 1.93 bits per heavy atom. The van der Waals surface area contributed by atoms with E-state index in [2.05, 4.69) is 4.74 Å². The zero-order valence-electron chi connectivity index (χ0n) is 8.87. The summed E-state index contributed by atoms with van der Waals surface area (Å²) in [6.07, 6.45) is -0.208. The number of cyclic esters (lactones) is 1. The fourth-order valence-corrected chi connectivity index (χ4v) is 1.13. The largest absolute Gasteiger partial charge is 0.448 e. The smallest absolute Gasteiger partial charge is 0.409 e. The van der Waals surface area contributed by atoms with Gasteiger partial charge in [0.05, 0.1) is 6.54 Å². The third-order valence-corrected chi connectivity index (χ3v) is 2.23. The molecule has 0 bridgehead atoms. The molecular formula is C11H14ClNO2. The van der Waals surface area contributed by atoms with Crippen molar-refractivity contribution in [1.29, 1.82) is 0 Å². The number of carbonyl (C=O) groups is 1. The molecule has 0 aliphatic carbocycles. The topological polar surface area (TPSA) is 29.5 Å². The summed E-state index contributed by atoms with van der Waals surface area (Å²) < 4.78 is 4.55. The lowest BCUT2D eigenvalue weighted by molar-refractivity contribution is 0.163. The molecule has 1 aliphatic rings. The molecule has 0 aromatic heterocycles. The molecule has 1 aliphatic heterocycles. The average Bonchev–Trinajstić information content (AvgIpc) is 2.57. The van der Waals surface area contributed by atoms with Crippen molar-refractivity contribution in [2.45, 2.75) is 6.92 Å². The van der Waals surface area contributed by atoms with Crippen LogP contribution in [0.4, 0.5) is 4.79 Å². The highest BCUT2D eigenvalue weighted by molar-refractivity contribution is 6.30. The summed E-state index contributed by atoms with van der Waals surface area (Å²) in [6, 6.07) is 7.75. The van der Waals surface area contributed by atoms with Gasteiger partial charge in [0, 0.05) is 12.1 Å². The van der Waals surface area contributed by atoms with Gasteiger partial charge in [-0.2, -0.15) is 0 Å². The maximum absolute atomic E-state index is 10.3. The van der Waals surface area contributed by atoms with Gasteiger partial charge in [0.2, 0.25) is 0 Å². The Labute approximate surface area is 94.6 Å². The standard InChI is InChI=1S/C7H7Cl.C4H7NO2/c1-6-2-4-7(8)5-3-6;1-5-2-3-7-4(5)6/h2-5H,1H3;2-3H2,1H3. The zero-order chi connectivity index (χ0) is 11.3. The van der Waals surface area contributed by atoms with Gasteiger partial charge in [0.15, 0.2) is 0 Å². The van der Waals surface area contributed by atoms with E-state index in [0.29, 0.717) is 6.61 Å². The number of carbonyl (C=O) groups excluding carboxylic acids is 1. The van der Waals surface area contributed by atoms with Crippen LogP contribution < -0.4 is 0 Å². The van der Waals surface area contributed by atoms with Crippen LogP contribution in [0.3, 0.4) is 0 Å². The van der Waals surface area contributed by atoms with E-state index in [4.69, 9.17) is 11.6 Å². The number of halogens is 1. The van der Waals surface area contributed by atoms with Gasteiger partial charge in [-0.05, 0) is 19.1 Å². The van der Waals surface area contributed by atoms with E-state index in [-0.39, 0.29) is 6.09 Å². The van der Waals surface area contributed by atoms with Gasteiger partial charge in [-0.25, -0.2) is 4.79 Å². The molecule has 82 valence electrons. The highest BCUT2D eigenvalue weighted by atomic mass is 35.5. The van der Waals surface area contributed by atoms with Crippen LogP contribution >= 0.6 is 11.6 Å². The molecule has 4 heteroatoms. The zero-order valence-corrected chi connectivity index (χ0v) is 9.62. The number of benzene rings is 1. The van der Waals surface area contributed by atoms with Crippen molar-refractivity contribution in [1.82, 2.24) is 4.90 Å². The summed E-state index contributed by atoms with van der Waals surface area (Å²) in [4.78, 5) is 11.8. The summed E-state index contributed by atoms with van der Waals surface area (Å²) >= 11 is 5.61. The van der Waals surface area contributed by atoms with Crippen LogP contribution in [0.25, 0.3) is 0 Å². The van der Waals surface area contributed by atoms with Crippen LogP contribution in [-0.2, 0) is 4.74 Å². The minimum Gasteiger partial charge on any atom is -0.448 e. The minimum absolute atomic E-state index is 0.208. The molecule has 1 aromatic carbocycles. The van der Waals surface area contributed by atoms with E-state index < -0.39 is 0 Å². The van der Waals surface area contributed by atoms with Gasteiger partial charge in [-0.3, -0.25) is 0 Å². The molecule has 1 heterocycles. The molecule has 1 saturated heterocycles. The first kappa shape index (κ1) is 11.9. The first-order valence-electron chi connectivity index (χ1n) is 4.69. The second kappa shape index (κ2) is 5.61. The third kappa shape index (κ3) is 4.21. The van der Waals surface area contributed by atoms with E-state index in [9.17, 15) is 4.79 Å². The lowest BCUT2D eigenvalue weighted by atomic mass is 10.2. The van der Waals surface area contributed by atoms with Gasteiger partial charge in [-0.1, -0.05) is 29.3 Å². The van der Waals surface area contributed by atoms with Gasteiger partial charge in [-0.15, -0.1) is 0 Å². The number of ether oxygens (including phenoxy) is 1. The number of likely N-dealkylation sites (N-methyl/N-ethyl adjacent to an activating group) is 1. The molecule has 1 aromatic rings. The van der Waals surface area contributed by atoms with E-state index in [0.717, 1.165) is 11.6 Å². The molecule has 2 rings (SSSR count). The summed E-state index contributed by atoms with van der Waals surface area (Å²) in [5.41, 5.74) is 1.24. The summed E-state index contributed by atoms with van der Waals surface area (Å²) in [6.45, 7) is 3.32. The summed E-state index contributed by atoms with van der Waals surface area (Å²) in [5.74, 6) is 0. The minimum atomic E-state index is -0.208. The predicted octanol–water partition coefficient (Wildman–Crippen LogP) is 2.72. The molecular weight excluding hydrogens is 214 g/mol. The summed E-state index contributed by atoms with van der Waals surface area (Å²) in [5, 5.41) is 0.801. The van der Waals surface area contributed by atoms with Crippen LogP contribution in [0.15, 0.2) is 24.3 Å². The molecule has 0 spiro atoms. The maximum atomic E-state index is 10.3. The fraction of sp³-hybridized carbons (Fsp3) is 0.364. The molecule has 0 atom stereocenters. The number of aryl methyl sites for hydroxylation is 1. The molecule has 3 nitrogen and oxygen atoms in total. The highest BCUT2D eigenvalue weighted by Crippen LogP contribution is 2.07. The highest BCUT2D eigenvalue weighted by Gasteiger charge is 2.15. The molecule has 1 amide bonds. The number of amides is 1. The van der Waals surface area contributed by atoms with Gasteiger partial charge >= 0.3 is 6.09 Å². The molecule has 0 radical (unpaired) electrons. The molecule has 0 unspecified atom stereocenters. The first-order chi connectivity index (χ1) is 7.09. The lowest BCUT2D eigenvalue weighted by Crippen LogP contribution is -2.17. The van der Waals surface area contributed by atoms with Crippen molar-refractivity contribution in [3.63, 3.8) is 0 Å². The van der Waals surface area contributed by atoms with E-state index in [1.807, 2.05) is 31.2 Å². The van der Waals surface area contributed by atoms with Crippen molar-refractivity contribution >= 4 is 17.7 Å². The molecule has 15 heavy (non-hydrogen) atoms. The Kier molecular flexibility index (Phi) is 4.43. The molecule has 0 N–H and O–H groups in total. The SMILES string of the molecule is CN1CCOC1=O.Cc1ccc(Cl)cc1. The Balaban J connectivity index is 0.000000151. The Morgan fingerprint density at radius 1 is 1.33 bits per heavy atom. The van der Waals surface area contributed by atoms with Gasteiger partial charge < -0.3 is 9.64 Å². The van der Waals surface area contributed by atoms with Crippen LogP contribution in [0.2, 0.25) is 5.02 Å². The Bertz CT molecular complexity index is 303. The van der Waals surface area contributed by atoms with Crippen molar-refractivity contribution in [3.05, 3.63) is 34.9 Å². The quantitative estimate of drug-likeness (QED) is 0.682. The van der Waals surface area contributed by atoms with Crippen LogP contribution in [-0.4, -0.2) is 31.2 Å². The average molecular weight is 228 g/mol. The van der Waals surface area contributed by atoms with Crippen LogP contribution in [0, 0.1) is 6.92 Å². The first-order valence-corrected chi connectivity index (χ1v) is 5.07. The Morgan fingerprint density at radius 3 is 2.20 bits per heavy atom. The monoisotopic (exact) mass is 227 g/mol. The van der Waals surface area contributed by atoms with Crippen molar-refractivity contribution < 1.29 is 9.53 Å². The number of hydrogen-bond donors (Lipinski definition) is 0. The van der Waals surface area contributed by atoms with Crippen molar-refractivity contribution in [2.24, 2.45) is 0 Å². The summed E-state index contributed by atoms with van der Waals surface area (Å²) in [7, 11) is 1.72. The Hall–Kier alpha value is -1.22. The van der Waals surface area contributed by atoms with E-state index in [1.54, 1.807) is 11.9 Å². The van der Waals surface area contributed by atoms with Crippen LogP contribution in [0.1, 0.15) is 5.56 Å². The van der Waals surface area contributed by atoms with Crippen LogP contribution in [0.5, 0.6) is 0 Å². The third-order valence-electron chi connectivity index (χ3n) is 1.97. The maximum Gasteiger partial charge on any atom is 0.409 e. The van der Waals surface area contributed by atoms with E-state index >= 15 is 0 Å². The number of nitrogens with zero attached hydrogens (tertiary/aromatic N) is 1. The molecule has 0 saturated carbocycles. The van der Waals surface area contributed by atoms with E-state index in [1.165, 1.54) is 5.56 Å². The van der Waals surface area contributed by atoms with Crippen molar-refractivity contribution in [2.75, 3.05) is 20.2 Å². The van der Waals surface area contributed by atoms with Gasteiger partial charge in [0.25, 0.3) is 0 Å². The second-order valence-electron chi connectivity index (χ2n) is 3.33.